The van der Waals surface area contributed by atoms with Gasteiger partial charge >= 0.3 is 0 Å². The van der Waals surface area contributed by atoms with Crippen molar-refractivity contribution in [3.63, 3.8) is 0 Å². The molecule has 2 aliphatic heterocycles. The van der Waals surface area contributed by atoms with Crippen molar-refractivity contribution in [3.8, 4) is 0 Å². The molecule has 2 unspecified atom stereocenters. The van der Waals surface area contributed by atoms with E-state index in [4.69, 9.17) is 9.47 Å². The second-order valence-corrected chi connectivity index (χ2v) is 6.21. The van der Waals surface area contributed by atoms with Crippen LogP contribution in [0, 0.1) is 5.92 Å². The first-order valence-corrected chi connectivity index (χ1v) is 8.18. The maximum absolute atomic E-state index is 6.18. The van der Waals surface area contributed by atoms with Gasteiger partial charge < -0.3 is 14.8 Å². The molecule has 2 fully saturated rings. The van der Waals surface area contributed by atoms with E-state index < -0.39 is 0 Å². The van der Waals surface area contributed by atoms with Crippen molar-refractivity contribution < 1.29 is 9.47 Å². The lowest BCUT2D eigenvalue weighted by Crippen LogP contribution is -2.47. The summed E-state index contributed by atoms with van der Waals surface area (Å²) in [6.07, 6.45) is 8.13. The summed E-state index contributed by atoms with van der Waals surface area (Å²) in [7, 11) is 0. The van der Waals surface area contributed by atoms with E-state index in [0.717, 1.165) is 52.0 Å². The van der Waals surface area contributed by atoms with Gasteiger partial charge in [-0.1, -0.05) is 6.92 Å². The molecule has 2 atom stereocenters. The van der Waals surface area contributed by atoms with Gasteiger partial charge in [0.2, 0.25) is 0 Å². The average molecular weight is 290 g/mol. The van der Waals surface area contributed by atoms with Crippen molar-refractivity contribution in [2.24, 2.45) is 5.92 Å². The van der Waals surface area contributed by atoms with Crippen LogP contribution < -0.4 is 5.32 Å². The van der Waals surface area contributed by atoms with E-state index in [1.54, 1.807) is 0 Å². The molecule has 1 aromatic rings. The quantitative estimate of drug-likeness (QED) is 0.926. The first-order chi connectivity index (χ1) is 10.3. The molecular weight excluding hydrogens is 264 g/mol. The second kappa shape index (κ2) is 6.86. The van der Waals surface area contributed by atoms with E-state index in [1.807, 2.05) is 12.4 Å². The Bertz CT molecular complexity index is 426. The molecule has 0 bridgehead atoms. The molecule has 4 heteroatoms. The SMILES string of the molecule is CCNC(c1ccncc1)C1CCOC2(CCOCC2)C1. The van der Waals surface area contributed by atoms with Crippen molar-refractivity contribution in [1.82, 2.24) is 10.3 Å². The lowest BCUT2D eigenvalue weighted by molar-refractivity contribution is -0.150. The number of rotatable bonds is 4. The van der Waals surface area contributed by atoms with Crippen LogP contribution in [-0.2, 0) is 9.47 Å². The summed E-state index contributed by atoms with van der Waals surface area (Å²) in [5, 5.41) is 3.68. The molecule has 3 rings (SSSR count). The summed E-state index contributed by atoms with van der Waals surface area (Å²) < 4.78 is 11.7. The monoisotopic (exact) mass is 290 g/mol. The lowest BCUT2D eigenvalue weighted by atomic mass is 9.76. The van der Waals surface area contributed by atoms with Crippen molar-refractivity contribution in [3.05, 3.63) is 30.1 Å². The van der Waals surface area contributed by atoms with Crippen LogP contribution in [0.4, 0.5) is 0 Å². The van der Waals surface area contributed by atoms with Gasteiger partial charge in [-0.15, -0.1) is 0 Å². The second-order valence-electron chi connectivity index (χ2n) is 6.21. The Kier molecular flexibility index (Phi) is 4.88. The minimum absolute atomic E-state index is 0.0574. The molecule has 2 saturated heterocycles. The van der Waals surface area contributed by atoms with Gasteiger partial charge in [0.1, 0.15) is 0 Å². The lowest BCUT2D eigenvalue weighted by Gasteiger charge is -2.45. The van der Waals surface area contributed by atoms with Crippen LogP contribution >= 0.6 is 0 Å². The summed E-state index contributed by atoms with van der Waals surface area (Å²) in [6, 6.07) is 4.68. The summed E-state index contributed by atoms with van der Waals surface area (Å²) in [6.45, 7) is 5.72. The zero-order valence-corrected chi connectivity index (χ0v) is 12.9. The molecule has 0 amide bonds. The summed E-state index contributed by atoms with van der Waals surface area (Å²) in [5.74, 6) is 0.624. The summed E-state index contributed by atoms with van der Waals surface area (Å²) >= 11 is 0. The minimum Gasteiger partial charge on any atom is -0.381 e. The van der Waals surface area contributed by atoms with Crippen LogP contribution in [0.25, 0.3) is 0 Å². The van der Waals surface area contributed by atoms with Crippen LogP contribution in [0.2, 0.25) is 0 Å². The molecule has 1 N–H and O–H groups in total. The summed E-state index contributed by atoms with van der Waals surface area (Å²) in [5.41, 5.74) is 1.41. The third-order valence-corrected chi connectivity index (χ3v) is 4.90. The normalized spacial score (nSPS) is 26.6. The van der Waals surface area contributed by atoms with Crippen molar-refractivity contribution in [2.45, 2.75) is 44.2 Å². The highest BCUT2D eigenvalue weighted by Gasteiger charge is 2.41. The Labute approximate surface area is 127 Å². The molecule has 0 aromatic carbocycles. The van der Waals surface area contributed by atoms with Crippen LogP contribution in [0.3, 0.4) is 0 Å². The van der Waals surface area contributed by atoms with Crippen LogP contribution in [0.5, 0.6) is 0 Å². The number of ether oxygens (including phenoxy) is 2. The molecule has 1 aromatic heterocycles. The van der Waals surface area contributed by atoms with Crippen LogP contribution in [-0.4, -0.2) is 37.0 Å². The van der Waals surface area contributed by atoms with Gasteiger partial charge in [0.05, 0.1) is 5.60 Å². The first kappa shape index (κ1) is 14.9. The largest absolute Gasteiger partial charge is 0.381 e. The minimum atomic E-state index is 0.0574. The van der Waals surface area contributed by atoms with E-state index in [-0.39, 0.29) is 5.60 Å². The standard InChI is InChI=1S/C17H26N2O2/c1-2-19-16(14-3-8-18-9-4-14)15-5-10-21-17(13-15)6-11-20-12-7-17/h3-4,8-9,15-16,19H,2,5-7,10-13H2,1H3. The molecule has 0 radical (unpaired) electrons. The maximum Gasteiger partial charge on any atom is 0.0729 e. The zero-order valence-electron chi connectivity index (χ0n) is 12.9. The molecule has 116 valence electrons. The van der Waals surface area contributed by atoms with Gasteiger partial charge in [-0.05, 0) is 55.8 Å². The van der Waals surface area contributed by atoms with E-state index in [1.165, 1.54) is 5.56 Å². The molecule has 4 nitrogen and oxygen atoms in total. The highest BCUT2D eigenvalue weighted by Crippen LogP contribution is 2.41. The fourth-order valence-electron chi connectivity index (χ4n) is 3.79. The highest BCUT2D eigenvalue weighted by atomic mass is 16.5. The fraction of sp³-hybridized carbons (Fsp3) is 0.706. The number of nitrogens with one attached hydrogen (secondary N) is 1. The third-order valence-electron chi connectivity index (χ3n) is 4.90. The predicted octanol–water partition coefficient (Wildman–Crippen LogP) is 2.71. The smallest absolute Gasteiger partial charge is 0.0729 e. The predicted molar refractivity (Wildman–Crippen MR) is 82.1 cm³/mol. The number of hydrogen-bond donors (Lipinski definition) is 1. The number of pyridine rings is 1. The van der Waals surface area contributed by atoms with E-state index in [9.17, 15) is 0 Å². The van der Waals surface area contributed by atoms with Crippen molar-refractivity contribution in [1.29, 1.82) is 0 Å². The first-order valence-electron chi connectivity index (χ1n) is 8.18. The maximum atomic E-state index is 6.18. The van der Waals surface area contributed by atoms with Crippen molar-refractivity contribution >= 4 is 0 Å². The van der Waals surface area contributed by atoms with E-state index in [0.29, 0.717) is 12.0 Å². The summed E-state index contributed by atoms with van der Waals surface area (Å²) in [4.78, 5) is 4.15. The Hall–Kier alpha value is -0.970. The highest BCUT2D eigenvalue weighted by molar-refractivity contribution is 5.17. The van der Waals surface area contributed by atoms with Crippen LogP contribution in [0.1, 0.15) is 44.2 Å². The van der Waals surface area contributed by atoms with Gasteiger partial charge in [-0.25, -0.2) is 0 Å². The topological polar surface area (TPSA) is 43.4 Å². The molecule has 0 saturated carbocycles. The third kappa shape index (κ3) is 3.44. The van der Waals surface area contributed by atoms with Gasteiger partial charge in [-0.3, -0.25) is 4.98 Å². The Morgan fingerprint density at radius 1 is 1.29 bits per heavy atom. The fourth-order valence-corrected chi connectivity index (χ4v) is 3.79. The Morgan fingerprint density at radius 3 is 2.76 bits per heavy atom. The molecule has 0 aliphatic carbocycles. The van der Waals surface area contributed by atoms with E-state index in [2.05, 4.69) is 29.4 Å². The molecule has 21 heavy (non-hydrogen) atoms. The average Bonchev–Trinajstić information content (AvgIpc) is 2.54. The van der Waals surface area contributed by atoms with Gasteiger partial charge in [0, 0.05) is 38.3 Å². The molecule has 3 heterocycles. The number of aromatic nitrogens is 1. The van der Waals surface area contributed by atoms with Gasteiger partial charge in [0.25, 0.3) is 0 Å². The molecule has 2 aliphatic rings. The Morgan fingerprint density at radius 2 is 2.05 bits per heavy atom. The van der Waals surface area contributed by atoms with Gasteiger partial charge in [-0.2, -0.15) is 0 Å². The molecule has 1 spiro atoms. The van der Waals surface area contributed by atoms with E-state index >= 15 is 0 Å². The molecular formula is C17H26N2O2. The zero-order chi connectivity index (χ0) is 14.5. The van der Waals surface area contributed by atoms with Gasteiger partial charge in [0.15, 0.2) is 0 Å². The van der Waals surface area contributed by atoms with Crippen molar-refractivity contribution in [2.75, 3.05) is 26.4 Å². The number of nitrogens with zero attached hydrogens (tertiary/aromatic N) is 1. The number of hydrogen-bond acceptors (Lipinski definition) is 4. The van der Waals surface area contributed by atoms with Crippen LogP contribution in [0.15, 0.2) is 24.5 Å². The Balaban J connectivity index is 1.76.